The molecule has 1 N–H and O–H groups in total. The number of likely N-dealkylation sites (N-methyl/N-ethyl adjacent to an activating group) is 1. The van der Waals surface area contributed by atoms with Gasteiger partial charge in [0.25, 0.3) is 0 Å². The molecule has 0 heterocycles. The van der Waals surface area contributed by atoms with E-state index in [1.165, 1.54) is 4.90 Å². The first-order valence-electron chi connectivity index (χ1n) is 9.21. The number of carboxylic acids is 1. The molecule has 0 spiro atoms. The van der Waals surface area contributed by atoms with Crippen LogP contribution in [0.5, 0.6) is 11.5 Å². The Bertz CT molecular complexity index is 851. The molecule has 0 aliphatic heterocycles. The smallest absolute Gasteiger partial charge is 0.326 e. The van der Waals surface area contributed by atoms with E-state index < -0.39 is 12.0 Å². The van der Waals surface area contributed by atoms with Crippen molar-refractivity contribution in [1.82, 2.24) is 4.90 Å². The highest BCUT2D eigenvalue weighted by molar-refractivity contribution is 5.87. The molecule has 6 nitrogen and oxygen atoms in total. The van der Waals surface area contributed by atoms with Crippen LogP contribution in [-0.4, -0.2) is 49.2 Å². The molecular formula is C22H25NO5. The maximum atomic E-state index is 13.0. The van der Waals surface area contributed by atoms with Crippen molar-refractivity contribution < 1.29 is 24.2 Å². The van der Waals surface area contributed by atoms with Crippen molar-refractivity contribution >= 4 is 11.9 Å². The molecule has 0 bridgehead atoms. The van der Waals surface area contributed by atoms with E-state index in [0.29, 0.717) is 17.9 Å². The Kier molecular flexibility index (Phi) is 5.87. The molecular weight excluding hydrogens is 358 g/mol. The summed E-state index contributed by atoms with van der Waals surface area (Å²) >= 11 is 0. The molecule has 0 aromatic heterocycles. The number of aliphatic carboxylic acids is 1. The number of carbonyl (C=O) groups excluding carboxylic acids is 1. The van der Waals surface area contributed by atoms with Crippen molar-refractivity contribution in [3.8, 4) is 11.5 Å². The van der Waals surface area contributed by atoms with Crippen molar-refractivity contribution in [2.24, 2.45) is 5.92 Å². The molecule has 1 aliphatic rings. The standard InChI is InChI=1S/C22H25NO5/c1-23(19(22(25)26)11-14-7-5-4-6-8-14)21(24)18-13-16(18)17-12-15(27-2)9-10-20(17)28-3/h4-10,12,16,18-19H,11,13H2,1-3H3,(H,25,26). The van der Waals surface area contributed by atoms with Gasteiger partial charge in [-0.15, -0.1) is 0 Å². The zero-order valence-electron chi connectivity index (χ0n) is 16.3. The van der Waals surface area contributed by atoms with Gasteiger partial charge < -0.3 is 19.5 Å². The van der Waals surface area contributed by atoms with Crippen LogP contribution in [0.3, 0.4) is 0 Å². The molecule has 2 aromatic rings. The van der Waals surface area contributed by atoms with E-state index in [2.05, 4.69) is 0 Å². The number of methoxy groups -OCH3 is 2. The molecule has 3 rings (SSSR count). The molecule has 148 valence electrons. The van der Waals surface area contributed by atoms with Crippen LogP contribution in [0.4, 0.5) is 0 Å². The van der Waals surface area contributed by atoms with Gasteiger partial charge >= 0.3 is 5.97 Å². The number of ether oxygens (including phenoxy) is 2. The number of carboxylic acid groups (broad SMARTS) is 1. The average molecular weight is 383 g/mol. The molecule has 3 unspecified atom stereocenters. The highest BCUT2D eigenvalue weighted by Crippen LogP contribution is 2.52. The first-order valence-corrected chi connectivity index (χ1v) is 9.21. The molecule has 1 aliphatic carbocycles. The lowest BCUT2D eigenvalue weighted by atomic mass is 10.0. The Balaban J connectivity index is 1.74. The monoisotopic (exact) mass is 383 g/mol. The number of benzene rings is 2. The van der Waals surface area contributed by atoms with Gasteiger partial charge in [-0.25, -0.2) is 4.79 Å². The minimum Gasteiger partial charge on any atom is -0.497 e. The third kappa shape index (κ3) is 4.11. The number of amides is 1. The van der Waals surface area contributed by atoms with Gasteiger partial charge in [-0.2, -0.15) is 0 Å². The van der Waals surface area contributed by atoms with Crippen LogP contribution < -0.4 is 9.47 Å². The van der Waals surface area contributed by atoms with Crippen LogP contribution in [0.25, 0.3) is 0 Å². The highest BCUT2D eigenvalue weighted by atomic mass is 16.5. The van der Waals surface area contributed by atoms with Crippen LogP contribution in [0.1, 0.15) is 23.5 Å². The normalized spacial score (nSPS) is 18.8. The zero-order chi connectivity index (χ0) is 20.3. The number of hydrogen-bond acceptors (Lipinski definition) is 4. The summed E-state index contributed by atoms with van der Waals surface area (Å²) in [5.74, 6) is 0.0152. The topological polar surface area (TPSA) is 76.1 Å². The largest absolute Gasteiger partial charge is 0.497 e. The minimum absolute atomic E-state index is 0.00571. The Labute approximate surface area is 164 Å². The lowest BCUT2D eigenvalue weighted by molar-refractivity contribution is -0.149. The van der Waals surface area contributed by atoms with Crippen molar-refractivity contribution in [3.63, 3.8) is 0 Å². The van der Waals surface area contributed by atoms with E-state index in [9.17, 15) is 14.7 Å². The molecule has 1 fully saturated rings. The van der Waals surface area contributed by atoms with Crippen molar-refractivity contribution in [3.05, 3.63) is 59.7 Å². The lowest BCUT2D eigenvalue weighted by Crippen LogP contribution is -2.44. The molecule has 6 heteroatoms. The number of carbonyl (C=O) groups is 2. The van der Waals surface area contributed by atoms with Crippen LogP contribution in [-0.2, 0) is 16.0 Å². The first-order chi connectivity index (χ1) is 13.5. The predicted molar refractivity (Wildman–Crippen MR) is 105 cm³/mol. The van der Waals surface area contributed by atoms with Crippen LogP contribution >= 0.6 is 0 Å². The van der Waals surface area contributed by atoms with Gasteiger partial charge in [-0.05, 0) is 30.2 Å². The van der Waals surface area contributed by atoms with Gasteiger partial charge in [-0.3, -0.25) is 4.79 Å². The Morgan fingerprint density at radius 1 is 1.14 bits per heavy atom. The quantitative estimate of drug-likeness (QED) is 0.758. The molecule has 1 amide bonds. The fourth-order valence-electron chi connectivity index (χ4n) is 3.58. The van der Waals surface area contributed by atoms with Gasteiger partial charge in [-0.1, -0.05) is 30.3 Å². The van der Waals surface area contributed by atoms with Crippen molar-refractivity contribution in [2.45, 2.75) is 24.8 Å². The fourth-order valence-corrected chi connectivity index (χ4v) is 3.58. The van der Waals surface area contributed by atoms with Crippen molar-refractivity contribution in [1.29, 1.82) is 0 Å². The van der Waals surface area contributed by atoms with Crippen LogP contribution in [0, 0.1) is 5.92 Å². The third-order valence-electron chi connectivity index (χ3n) is 5.32. The molecule has 2 aromatic carbocycles. The first kappa shape index (κ1) is 19.7. The van der Waals surface area contributed by atoms with E-state index in [0.717, 1.165) is 11.1 Å². The van der Waals surface area contributed by atoms with Gasteiger partial charge in [0.05, 0.1) is 14.2 Å². The summed E-state index contributed by atoms with van der Waals surface area (Å²) < 4.78 is 10.7. The third-order valence-corrected chi connectivity index (χ3v) is 5.32. The second-order valence-electron chi connectivity index (χ2n) is 7.05. The summed E-state index contributed by atoms with van der Waals surface area (Å²) in [7, 11) is 4.76. The van der Waals surface area contributed by atoms with Crippen LogP contribution in [0.2, 0.25) is 0 Å². The van der Waals surface area contributed by atoms with E-state index in [1.54, 1.807) is 21.3 Å². The predicted octanol–water partition coefficient (Wildman–Crippen LogP) is 2.96. The number of nitrogens with zero attached hydrogens (tertiary/aromatic N) is 1. The summed E-state index contributed by atoms with van der Waals surface area (Å²) in [6.07, 6.45) is 0.947. The Morgan fingerprint density at radius 2 is 1.86 bits per heavy atom. The Morgan fingerprint density at radius 3 is 2.46 bits per heavy atom. The highest BCUT2D eigenvalue weighted by Gasteiger charge is 2.48. The summed E-state index contributed by atoms with van der Waals surface area (Å²) in [5, 5.41) is 9.66. The Hall–Kier alpha value is -3.02. The van der Waals surface area contributed by atoms with Crippen LogP contribution in [0.15, 0.2) is 48.5 Å². The SMILES string of the molecule is COc1ccc(OC)c(C2CC2C(=O)N(C)C(Cc2ccccc2)C(=O)O)c1. The molecule has 1 saturated carbocycles. The maximum absolute atomic E-state index is 13.0. The second-order valence-corrected chi connectivity index (χ2v) is 7.05. The number of rotatable bonds is 8. The second kappa shape index (κ2) is 8.33. The summed E-state index contributed by atoms with van der Waals surface area (Å²) in [6, 6.07) is 14.0. The maximum Gasteiger partial charge on any atom is 0.326 e. The minimum atomic E-state index is -1.00. The lowest BCUT2D eigenvalue weighted by Gasteiger charge is -2.25. The molecule has 3 atom stereocenters. The van der Waals surface area contributed by atoms with Gasteiger partial charge in [0, 0.05) is 30.9 Å². The molecule has 0 saturated heterocycles. The van der Waals surface area contributed by atoms with E-state index in [4.69, 9.17) is 9.47 Å². The molecule has 28 heavy (non-hydrogen) atoms. The van der Waals surface area contributed by atoms with Gasteiger partial charge in [0.1, 0.15) is 17.5 Å². The van der Waals surface area contributed by atoms with Gasteiger partial charge in [0.15, 0.2) is 0 Å². The van der Waals surface area contributed by atoms with E-state index in [1.807, 2.05) is 48.5 Å². The molecule has 0 radical (unpaired) electrons. The van der Waals surface area contributed by atoms with Crippen molar-refractivity contribution in [2.75, 3.05) is 21.3 Å². The van der Waals surface area contributed by atoms with E-state index >= 15 is 0 Å². The van der Waals surface area contributed by atoms with E-state index in [-0.39, 0.29) is 24.2 Å². The van der Waals surface area contributed by atoms with Gasteiger partial charge in [0.2, 0.25) is 5.91 Å². The average Bonchev–Trinajstić information content (AvgIpc) is 3.51. The number of hydrogen-bond donors (Lipinski definition) is 1. The summed E-state index contributed by atoms with van der Waals surface area (Å²) in [5.41, 5.74) is 1.81. The summed E-state index contributed by atoms with van der Waals surface area (Å²) in [4.78, 5) is 26.1. The fraction of sp³-hybridized carbons (Fsp3) is 0.364. The summed E-state index contributed by atoms with van der Waals surface area (Å²) in [6.45, 7) is 0. The zero-order valence-corrected chi connectivity index (χ0v) is 16.3.